The molecule has 1 aliphatic heterocycles. The molecular weight excluding hydrogens is 199 g/mol. The summed E-state index contributed by atoms with van der Waals surface area (Å²) in [6.45, 7) is 1.55. The molecule has 0 aromatic heterocycles. The van der Waals surface area contributed by atoms with Gasteiger partial charge in [0.1, 0.15) is 0 Å². The van der Waals surface area contributed by atoms with E-state index in [9.17, 15) is 4.79 Å². The van der Waals surface area contributed by atoms with Gasteiger partial charge in [0.2, 0.25) is 0 Å². The van der Waals surface area contributed by atoms with Crippen molar-refractivity contribution in [1.82, 2.24) is 10.6 Å². The Labute approximate surface area is 58.8 Å². The van der Waals surface area contributed by atoms with Crippen LogP contribution in [0.5, 0.6) is 0 Å². The molecule has 4 heteroatoms. The Morgan fingerprint density at radius 2 is 1.71 bits per heavy atom. The average molecular weight is 205 g/mol. The van der Waals surface area contributed by atoms with Crippen molar-refractivity contribution in [3.8, 4) is 0 Å². The summed E-state index contributed by atoms with van der Waals surface area (Å²) in [5.41, 5.74) is 0. The third-order valence-electron chi connectivity index (χ3n) is 0.696. The van der Waals surface area contributed by atoms with Gasteiger partial charge in [0.05, 0.1) is 0 Å². The molecule has 38 valence electrons. The number of carbonyl (C=O) groups excluding carboxylic acids is 1. The van der Waals surface area contributed by atoms with Crippen molar-refractivity contribution in [2.24, 2.45) is 0 Å². The summed E-state index contributed by atoms with van der Waals surface area (Å²) in [5.74, 6) is 0. The van der Waals surface area contributed by atoms with Gasteiger partial charge in [0.15, 0.2) is 0 Å². The monoisotopic (exact) mass is 206 g/mol. The van der Waals surface area contributed by atoms with Crippen LogP contribution in [0.4, 0.5) is 4.79 Å². The summed E-state index contributed by atoms with van der Waals surface area (Å²) < 4.78 is 0. The van der Waals surface area contributed by atoms with Crippen molar-refractivity contribution in [2.75, 3.05) is 13.1 Å². The minimum absolute atomic E-state index is 0. The Morgan fingerprint density at radius 3 is 1.86 bits per heavy atom. The summed E-state index contributed by atoms with van der Waals surface area (Å²) in [7, 11) is 0. The quantitative estimate of drug-likeness (QED) is 0.485. The predicted octanol–water partition coefficient (Wildman–Crippen LogP) is -1.08. The Hall–Kier alpha value is 0.0687. The van der Waals surface area contributed by atoms with E-state index in [0.29, 0.717) is 0 Å². The second-order valence-electron chi connectivity index (χ2n) is 1.18. The molecule has 3 nitrogen and oxygen atoms in total. The van der Waals surface area contributed by atoms with Gasteiger partial charge in [0.25, 0.3) is 0 Å². The van der Waals surface area contributed by atoms with Gasteiger partial charge in [-0.15, -0.1) is 0 Å². The number of amides is 2. The van der Waals surface area contributed by atoms with Crippen molar-refractivity contribution >= 4 is 29.9 Å². The molecule has 0 bridgehead atoms. The van der Waals surface area contributed by atoms with Crippen LogP contribution in [0, 0.1) is 0 Å². The molecule has 1 fully saturated rings. The molecular formula is C3H6N2OSn. The third-order valence-corrected chi connectivity index (χ3v) is 0.696. The van der Waals surface area contributed by atoms with Crippen LogP contribution in [0.1, 0.15) is 0 Å². The first-order valence-corrected chi connectivity index (χ1v) is 1.91. The van der Waals surface area contributed by atoms with E-state index in [4.69, 9.17) is 0 Å². The largest absolute Gasteiger partial charge is 0.336 e. The summed E-state index contributed by atoms with van der Waals surface area (Å²) in [5, 5.41) is 5.14. The zero-order valence-electron chi connectivity index (χ0n) is 3.82. The van der Waals surface area contributed by atoms with Gasteiger partial charge in [-0.3, -0.25) is 0 Å². The maximum Gasteiger partial charge on any atom is 0.314 e. The summed E-state index contributed by atoms with van der Waals surface area (Å²) in [6, 6.07) is -0.0463. The maximum absolute atomic E-state index is 10.0. The number of urea groups is 1. The van der Waals surface area contributed by atoms with Crippen LogP contribution in [0.2, 0.25) is 0 Å². The smallest absolute Gasteiger partial charge is 0.314 e. The summed E-state index contributed by atoms with van der Waals surface area (Å²) in [4.78, 5) is 10.0. The van der Waals surface area contributed by atoms with Crippen LogP contribution in [0.3, 0.4) is 0 Å². The van der Waals surface area contributed by atoms with Gasteiger partial charge in [-0.05, 0) is 0 Å². The van der Waals surface area contributed by atoms with Crippen molar-refractivity contribution in [1.29, 1.82) is 0 Å². The number of carbonyl (C=O) groups is 1. The van der Waals surface area contributed by atoms with Gasteiger partial charge in [-0.1, -0.05) is 0 Å². The molecule has 1 saturated heterocycles. The first-order valence-electron chi connectivity index (χ1n) is 1.91. The Bertz CT molecular complexity index is 67.3. The molecule has 1 aliphatic rings. The first-order chi connectivity index (χ1) is 2.89. The van der Waals surface area contributed by atoms with Crippen LogP contribution in [0.25, 0.3) is 0 Å². The van der Waals surface area contributed by atoms with E-state index in [1.807, 2.05) is 0 Å². The third kappa shape index (κ3) is 2.01. The summed E-state index contributed by atoms with van der Waals surface area (Å²) >= 11 is 0. The SMILES string of the molecule is O=C1NCCN1.[Sn]. The van der Waals surface area contributed by atoms with E-state index in [2.05, 4.69) is 10.6 Å². The Morgan fingerprint density at radius 1 is 1.29 bits per heavy atom. The normalized spacial score (nSPS) is 16.9. The predicted molar refractivity (Wildman–Crippen MR) is 27.2 cm³/mol. The van der Waals surface area contributed by atoms with Crippen LogP contribution in [-0.2, 0) is 0 Å². The van der Waals surface area contributed by atoms with E-state index in [1.165, 1.54) is 0 Å². The van der Waals surface area contributed by atoms with E-state index in [-0.39, 0.29) is 29.9 Å². The Kier molecular flexibility index (Phi) is 3.15. The zero-order valence-corrected chi connectivity index (χ0v) is 6.68. The molecule has 0 aliphatic carbocycles. The van der Waals surface area contributed by atoms with Gasteiger partial charge in [-0.25, -0.2) is 4.79 Å². The maximum atomic E-state index is 10.0. The Balaban J connectivity index is 0.000000360. The zero-order chi connectivity index (χ0) is 4.41. The second-order valence-corrected chi connectivity index (χ2v) is 1.18. The molecule has 0 saturated carbocycles. The molecule has 2 N–H and O–H groups in total. The van der Waals surface area contributed by atoms with E-state index in [0.717, 1.165) is 13.1 Å². The fourth-order valence-corrected chi connectivity index (χ4v) is 0.415. The van der Waals surface area contributed by atoms with Crippen LogP contribution < -0.4 is 10.6 Å². The van der Waals surface area contributed by atoms with Crippen molar-refractivity contribution in [3.63, 3.8) is 0 Å². The van der Waals surface area contributed by atoms with Crippen LogP contribution in [0.15, 0.2) is 0 Å². The van der Waals surface area contributed by atoms with Crippen LogP contribution >= 0.6 is 0 Å². The summed E-state index contributed by atoms with van der Waals surface area (Å²) in [6.07, 6.45) is 0. The number of rotatable bonds is 0. The molecule has 0 aromatic rings. The average Bonchev–Trinajstić information content (AvgIpc) is 1.86. The number of nitrogens with one attached hydrogen (secondary N) is 2. The van der Waals surface area contributed by atoms with Gasteiger partial charge in [0, 0.05) is 37.0 Å². The molecule has 2 amide bonds. The van der Waals surface area contributed by atoms with Crippen molar-refractivity contribution in [3.05, 3.63) is 0 Å². The fraction of sp³-hybridized carbons (Fsp3) is 0.667. The molecule has 0 aromatic carbocycles. The molecule has 1 heterocycles. The van der Waals surface area contributed by atoms with E-state index >= 15 is 0 Å². The van der Waals surface area contributed by atoms with E-state index in [1.54, 1.807) is 0 Å². The fourth-order valence-electron chi connectivity index (χ4n) is 0.415. The minimum Gasteiger partial charge on any atom is -0.336 e. The first kappa shape index (κ1) is 7.07. The molecule has 4 radical (unpaired) electrons. The van der Waals surface area contributed by atoms with E-state index < -0.39 is 0 Å². The molecule has 0 spiro atoms. The molecule has 0 atom stereocenters. The molecule has 7 heavy (non-hydrogen) atoms. The topological polar surface area (TPSA) is 41.1 Å². The van der Waals surface area contributed by atoms with Crippen molar-refractivity contribution in [2.45, 2.75) is 0 Å². The molecule has 0 unspecified atom stereocenters. The van der Waals surface area contributed by atoms with Gasteiger partial charge < -0.3 is 10.6 Å². The number of hydrogen-bond donors (Lipinski definition) is 2. The van der Waals surface area contributed by atoms with Gasteiger partial charge >= 0.3 is 6.03 Å². The standard InChI is InChI=1S/C3H6N2O.Sn/c6-3-4-1-2-5-3;/h1-2H2,(H2,4,5,6);. The minimum atomic E-state index is -0.0463. The molecule has 1 rings (SSSR count). The second kappa shape index (κ2) is 3.12. The number of hydrogen-bond acceptors (Lipinski definition) is 1. The van der Waals surface area contributed by atoms with Crippen molar-refractivity contribution < 1.29 is 4.79 Å². The van der Waals surface area contributed by atoms with Crippen LogP contribution in [-0.4, -0.2) is 43.0 Å². The van der Waals surface area contributed by atoms with Gasteiger partial charge in [-0.2, -0.15) is 0 Å².